The van der Waals surface area contributed by atoms with E-state index in [1.165, 1.54) is 0 Å². The molecular weight excluding hydrogens is 302 g/mol. The minimum atomic E-state index is -0.125. The van der Waals surface area contributed by atoms with E-state index in [0.29, 0.717) is 17.3 Å². The molecule has 1 aromatic carbocycles. The predicted molar refractivity (Wildman–Crippen MR) is 84.5 cm³/mol. The molecule has 1 fully saturated rings. The molecule has 3 rings (SSSR count). The van der Waals surface area contributed by atoms with Gasteiger partial charge in [0.05, 0.1) is 18.3 Å². The summed E-state index contributed by atoms with van der Waals surface area (Å²) >= 11 is 6.01. The van der Waals surface area contributed by atoms with E-state index in [-0.39, 0.29) is 18.6 Å². The molecule has 0 radical (unpaired) electrons. The van der Waals surface area contributed by atoms with Crippen molar-refractivity contribution in [2.24, 2.45) is 0 Å². The fourth-order valence-electron chi connectivity index (χ4n) is 2.89. The SMILES string of the molecule is Cc1cc(C(=O)N2CCC[C@@H]2CO)nn1-c1cccc(Cl)c1. The summed E-state index contributed by atoms with van der Waals surface area (Å²) in [4.78, 5) is 14.3. The lowest BCUT2D eigenvalue weighted by atomic mass is 10.2. The van der Waals surface area contributed by atoms with Crippen molar-refractivity contribution in [3.8, 4) is 5.69 Å². The third kappa shape index (κ3) is 2.74. The quantitative estimate of drug-likeness (QED) is 0.945. The molecule has 2 heterocycles. The van der Waals surface area contributed by atoms with Crippen LogP contribution < -0.4 is 0 Å². The monoisotopic (exact) mass is 319 g/mol. The Balaban J connectivity index is 1.90. The highest BCUT2D eigenvalue weighted by Gasteiger charge is 2.30. The lowest BCUT2D eigenvalue weighted by Gasteiger charge is -2.21. The van der Waals surface area contributed by atoms with Gasteiger partial charge in [-0.05, 0) is 44.0 Å². The first-order valence-electron chi connectivity index (χ1n) is 7.34. The highest BCUT2D eigenvalue weighted by Crippen LogP contribution is 2.21. The van der Waals surface area contributed by atoms with E-state index in [2.05, 4.69) is 5.10 Å². The molecule has 0 aliphatic carbocycles. The number of hydrogen-bond donors (Lipinski definition) is 1. The summed E-state index contributed by atoms with van der Waals surface area (Å²) in [5.41, 5.74) is 2.09. The van der Waals surface area contributed by atoms with Crippen molar-refractivity contribution in [3.63, 3.8) is 0 Å². The number of hydrogen-bond acceptors (Lipinski definition) is 3. The third-order valence-corrected chi connectivity index (χ3v) is 4.24. The van der Waals surface area contributed by atoms with Crippen LogP contribution in [-0.4, -0.2) is 44.9 Å². The Bertz CT molecular complexity index is 698. The number of aromatic nitrogens is 2. The summed E-state index contributed by atoms with van der Waals surface area (Å²) in [6, 6.07) is 9.03. The molecule has 1 atom stereocenters. The van der Waals surface area contributed by atoms with Crippen molar-refractivity contribution in [1.82, 2.24) is 14.7 Å². The Kier molecular flexibility index (Phi) is 4.18. The van der Waals surface area contributed by atoms with Crippen molar-refractivity contribution >= 4 is 17.5 Å². The van der Waals surface area contributed by atoms with E-state index in [0.717, 1.165) is 24.2 Å². The van der Waals surface area contributed by atoms with Crippen LogP contribution in [0.2, 0.25) is 5.02 Å². The average Bonchev–Trinajstić information content (AvgIpc) is 3.12. The fraction of sp³-hybridized carbons (Fsp3) is 0.375. The molecule has 1 N–H and O–H groups in total. The van der Waals surface area contributed by atoms with Gasteiger partial charge in [0, 0.05) is 17.3 Å². The zero-order chi connectivity index (χ0) is 15.7. The first kappa shape index (κ1) is 15.1. The van der Waals surface area contributed by atoms with Crippen molar-refractivity contribution in [3.05, 3.63) is 46.7 Å². The normalized spacial score (nSPS) is 18.0. The number of aliphatic hydroxyl groups is 1. The molecule has 5 nitrogen and oxygen atoms in total. The zero-order valence-corrected chi connectivity index (χ0v) is 13.1. The van der Waals surface area contributed by atoms with Gasteiger partial charge in [-0.2, -0.15) is 5.10 Å². The Hall–Kier alpha value is -1.85. The molecule has 6 heteroatoms. The highest BCUT2D eigenvalue weighted by molar-refractivity contribution is 6.30. The molecule has 2 aromatic rings. The number of halogens is 1. The van der Waals surface area contributed by atoms with Crippen LogP contribution >= 0.6 is 11.6 Å². The minimum absolute atomic E-state index is 0.000274. The summed E-state index contributed by atoms with van der Waals surface area (Å²) in [6.45, 7) is 2.57. The van der Waals surface area contributed by atoms with Crippen LogP contribution in [0, 0.1) is 6.92 Å². The number of carbonyl (C=O) groups excluding carboxylic acids is 1. The number of aliphatic hydroxyl groups excluding tert-OH is 1. The van der Waals surface area contributed by atoms with Gasteiger partial charge in [0.1, 0.15) is 0 Å². The number of carbonyl (C=O) groups is 1. The van der Waals surface area contributed by atoms with Crippen LogP contribution in [0.5, 0.6) is 0 Å². The second-order valence-electron chi connectivity index (χ2n) is 5.54. The van der Waals surface area contributed by atoms with Gasteiger partial charge in [-0.1, -0.05) is 17.7 Å². The van der Waals surface area contributed by atoms with E-state index in [4.69, 9.17) is 11.6 Å². The third-order valence-electron chi connectivity index (χ3n) is 4.01. The summed E-state index contributed by atoms with van der Waals surface area (Å²) in [5, 5.41) is 14.4. The second-order valence-corrected chi connectivity index (χ2v) is 5.98. The van der Waals surface area contributed by atoms with E-state index >= 15 is 0 Å². The molecule has 1 saturated heterocycles. The van der Waals surface area contributed by atoms with E-state index < -0.39 is 0 Å². The summed E-state index contributed by atoms with van der Waals surface area (Å²) in [6.07, 6.45) is 1.77. The molecule has 1 aliphatic heterocycles. The van der Waals surface area contributed by atoms with Crippen molar-refractivity contribution in [1.29, 1.82) is 0 Å². The average molecular weight is 320 g/mol. The molecule has 22 heavy (non-hydrogen) atoms. The summed E-state index contributed by atoms with van der Waals surface area (Å²) < 4.78 is 1.71. The van der Waals surface area contributed by atoms with Gasteiger partial charge >= 0.3 is 0 Å². The molecule has 0 bridgehead atoms. The van der Waals surface area contributed by atoms with Gasteiger partial charge in [-0.25, -0.2) is 4.68 Å². The van der Waals surface area contributed by atoms with Gasteiger partial charge in [0.25, 0.3) is 5.91 Å². The Morgan fingerprint density at radius 2 is 2.27 bits per heavy atom. The molecule has 0 unspecified atom stereocenters. The van der Waals surface area contributed by atoms with E-state index in [9.17, 15) is 9.90 Å². The molecule has 1 aromatic heterocycles. The smallest absolute Gasteiger partial charge is 0.274 e. The number of aryl methyl sites for hydroxylation is 1. The van der Waals surface area contributed by atoms with Crippen molar-refractivity contribution in [2.75, 3.05) is 13.2 Å². The Morgan fingerprint density at radius 1 is 1.45 bits per heavy atom. The topological polar surface area (TPSA) is 58.4 Å². The number of rotatable bonds is 3. The molecule has 0 saturated carbocycles. The maximum atomic E-state index is 12.6. The number of amides is 1. The van der Waals surface area contributed by atoms with E-state index in [1.54, 1.807) is 21.7 Å². The largest absolute Gasteiger partial charge is 0.394 e. The first-order valence-corrected chi connectivity index (χ1v) is 7.72. The minimum Gasteiger partial charge on any atom is -0.394 e. The summed E-state index contributed by atoms with van der Waals surface area (Å²) in [5.74, 6) is -0.125. The highest BCUT2D eigenvalue weighted by atomic mass is 35.5. The maximum Gasteiger partial charge on any atom is 0.274 e. The molecule has 0 spiro atoms. The second kappa shape index (κ2) is 6.10. The van der Waals surface area contributed by atoms with Crippen molar-refractivity contribution < 1.29 is 9.90 Å². The van der Waals surface area contributed by atoms with Gasteiger partial charge in [-0.3, -0.25) is 4.79 Å². The number of likely N-dealkylation sites (tertiary alicyclic amines) is 1. The van der Waals surface area contributed by atoms with Crippen LogP contribution in [0.1, 0.15) is 29.0 Å². The standard InChI is InChI=1S/C16H18ClN3O2/c1-11-8-15(16(22)19-7-3-6-14(19)10-21)18-20(11)13-5-2-4-12(17)9-13/h2,4-5,8-9,14,21H,3,6-7,10H2,1H3/t14-/m1/s1. The van der Waals surface area contributed by atoms with Crippen LogP contribution in [0.25, 0.3) is 5.69 Å². The van der Waals surface area contributed by atoms with Gasteiger partial charge in [0.2, 0.25) is 0 Å². The lowest BCUT2D eigenvalue weighted by Crippen LogP contribution is -2.37. The van der Waals surface area contributed by atoms with Crippen LogP contribution in [0.3, 0.4) is 0 Å². The molecular formula is C16H18ClN3O2. The molecule has 116 valence electrons. The summed E-state index contributed by atoms with van der Waals surface area (Å²) in [7, 11) is 0. The number of benzene rings is 1. The Labute approximate surface area is 134 Å². The van der Waals surface area contributed by atoms with Crippen LogP contribution in [0.4, 0.5) is 0 Å². The van der Waals surface area contributed by atoms with Crippen LogP contribution in [0.15, 0.2) is 30.3 Å². The van der Waals surface area contributed by atoms with E-state index in [1.807, 2.05) is 25.1 Å². The van der Waals surface area contributed by atoms with Crippen molar-refractivity contribution in [2.45, 2.75) is 25.8 Å². The number of nitrogens with zero attached hydrogens (tertiary/aromatic N) is 3. The first-order chi connectivity index (χ1) is 10.6. The molecule has 1 aliphatic rings. The fourth-order valence-corrected chi connectivity index (χ4v) is 3.07. The van der Waals surface area contributed by atoms with Gasteiger partial charge < -0.3 is 10.0 Å². The van der Waals surface area contributed by atoms with Gasteiger partial charge in [0.15, 0.2) is 5.69 Å². The Morgan fingerprint density at radius 3 is 3.00 bits per heavy atom. The van der Waals surface area contributed by atoms with Crippen LogP contribution in [-0.2, 0) is 0 Å². The predicted octanol–water partition coefficient (Wildman–Crippen LogP) is 2.43. The lowest BCUT2D eigenvalue weighted by molar-refractivity contribution is 0.0671. The molecule has 1 amide bonds. The van der Waals surface area contributed by atoms with Gasteiger partial charge in [-0.15, -0.1) is 0 Å². The zero-order valence-electron chi connectivity index (χ0n) is 12.4. The maximum absolute atomic E-state index is 12.6.